The Balaban J connectivity index is 3.06. The molecule has 1 rings (SSSR count). The van der Waals surface area contributed by atoms with Crippen molar-refractivity contribution in [2.24, 2.45) is 0 Å². The molecule has 0 aromatic heterocycles. The molecule has 1 aromatic rings. The fraction of sp³-hybridized carbons (Fsp3) is 0.500. The van der Waals surface area contributed by atoms with E-state index in [1.54, 1.807) is 31.2 Å². The Morgan fingerprint density at radius 3 is 2.16 bits per heavy atom. The molecule has 19 heavy (non-hydrogen) atoms. The molecule has 0 bridgehead atoms. The summed E-state index contributed by atoms with van der Waals surface area (Å²) in [7, 11) is 1.51. The minimum absolute atomic E-state index is 0.248. The second-order valence-corrected chi connectivity index (χ2v) is 4.16. The highest BCUT2D eigenvalue weighted by Crippen LogP contribution is 2.26. The molecule has 0 amide bonds. The monoisotopic (exact) mass is 268 g/mol. The van der Waals surface area contributed by atoms with Crippen molar-refractivity contribution in [1.82, 2.24) is 0 Å². The van der Waals surface area contributed by atoms with E-state index < -0.39 is 28.4 Å². The predicted molar refractivity (Wildman–Crippen MR) is 68.7 cm³/mol. The van der Waals surface area contributed by atoms with Gasteiger partial charge in [0.15, 0.2) is 0 Å². The van der Waals surface area contributed by atoms with E-state index in [9.17, 15) is 20.2 Å². The minimum Gasteiger partial charge on any atom is -0.497 e. The van der Waals surface area contributed by atoms with Crippen molar-refractivity contribution >= 4 is 0 Å². The van der Waals surface area contributed by atoms with Crippen LogP contribution in [0.3, 0.4) is 0 Å². The summed E-state index contributed by atoms with van der Waals surface area (Å²) in [6.07, 6.45) is 0.248. The average molecular weight is 268 g/mol. The Hall–Kier alpha value is -2.18. The zero-order valence-electron chi connectivity index (χ0n) is 10.8. The summed E-state index contributed by atoms with van der Waals surface area (Å²) >= 11 is 0. The Bertz CT molecular complexity index is 446. The molecule has 0 N–H and O–H groups in total. The smallest absolute Gasteiger partial charge is 0.226 e. The molecule has 0 saturated carbocycles. The van der Waals surface area contributed by atoms with Crippen LogP contribution in [-0.4, -0.2) is 29.5 Å². The highest BCUT2D eigenvalue weighted by Gasteiger charge is 2.35. The zero-order chi connectivity index (χ0) is 14.4. The van der Waals surface area contributed by atoms with Gasteiger partial charge < -0.3 is 4.74 Å². The van der Waals surface area contributed by atoms with E-state index >= 15 is 0 Å². The number of nitro groups is 2. The Kier molecular flexibility index (Phi) is 5.23. The molecule has 1 aromatic carbocycles. The summed E-state index contributed by atoms with van der Waals surface area (Å²) in [5.74, 6) is -0.126. The molecule has 0 aliphatic heterocycles. The minimum atomic E-state index is -0.959. The van der Waals surface area contributed by atoms with E-state index in [-0.39, 0.29) is 6.42 Å². The van der Waals surface area contributed by atoms with Crippen LogP contribution in [0.2, 0.25) is 0 Å². The second-order valence-electron chi connectivity index (χ2n) is 4.16. The molecule has 2 atom stereocenters. The molecule has 0 aliphatic rings. The summed E-state index contributed by atoms with van der Waals surface area (Å²) in [5.41, 5.74) is 0.584. The molecule has 0 fully saturated rings. The molecule has 104 valence electrons. The largest absolute Gasteiger partial charge is 0.497 e. The van der Waals surface area contributed by atoms with Crippen LogP contribution in [-0.2, 0) is 0 Å². The first-order chi connectivity index (χ1) is 8.99. The van der Waals surface area contributed by atoms with E-state index in [4.69, 9.17) is 4.74 Å². The lowest BCUT2D eigenvalue weighted by Gasteiger charge is -2.17. The van der Waals surface area contributed by atoms with Crippen LogP contribution in [0.15, 0.2) is 24.3 Å². The molecule has 0 spiro atoms. The van der Waals surface area contributed by atoms with Crippen LogP contribution in [0.5, 0.6) is 5.75 Å². The number of benzene rings is 1. The zero-order valence-corrected chi connectivity index (χ0v) is 10.8. The molecule has 0 radical (unpaired) electrons. The Labute approximate surface area is 110 Å². The lowest BCUT2D eigenvalue weighted by Crippen LogP contribution is -2.31. The molecular formula is C12H16N2O5. The summed E-state index contributed by atoms with van der Waals surface area (Å²) in [6.45, 7) is 1.20. The molecule has 0 aliphatic carbocycles. The van der Waals surface area contributed by atoms with Crippen LogP contribution in [0.1, 0.15) is 24.8 Å². The van der Waals surface area contributed by atoms with Gasteiger partial charge in [-0.05, 0) is 17.7 Å². The van der Waals surface area contributed by atoms with Gasteiger partial charge in [0.2, 0.25) is 12.6 Å². The molecule has 7 heteroatoms. The maximum absolute atomic E-state index is 11.0. The molecular weight excluding hydrogens is 252 g/mol. The normalized spacial score (nSPS) is 13.6. The van der Waals surface area contributed by atoms with Gasteiger partial charge in [-0.25, -0.2) is 0 Å². The van der Waals surface area contributed by atoms with Gasteiger partial charge in [0.05, 0.1) is 7.11 Å². The standard InChI is InChI=1S/C12H16N2O5/c1-3-12(14(17)18)11(8-13(15)16)9-4-6-10(19-2)7-5-9/h4-7,11-12H,3,8H2,1-2H3/t11-,12+/m0/s1. The first-order valence-corrected chi connectivity index (χ1v) is 5.88. The maximum Gasteiger partial charge on any atom is 0.226 e. The topological polar surface area (TPSA) is 95.5 Å². The lowest BCUT2D eigenvalue weighted by molar-refractivity contribution is -0.547. The van der Waals surface area contributed by atoms with Gasteiger partial charge in [0, 0.05) is 16.3 Å². The number of ether oxygens (including phenoxy) is 1. The first kappa shape index (κ1) is 14.9. The first-order valence-electron chi connectivity index (χ1n) is 5.88. The third-order valence-corrected chi connectivity index (χ3v) is 3.04. The van der Waals surface area contributed by atoms with Gasteiger partial charge in [-0.2, -0.15) is 0 Å². The van der Waals surface area contributed by atoms with E-state index in [0.717, 1.165) is 0 Å². The van der Waals surface area contributed by atoms with Crippen molar-refractivity contribution in [3.8, 4) is 5.75 Å². The van der Waals surface area contributed by atoms with Crippen LogP contribution in [0, 0.1) is 20.2 Å². The van der Waals surface area contributed by atoms with Gasteiger partial charge in [0.25, 0.3) is 0 Å². The molecule has 7 nitrogen and oxygen atoms in total. The number of hydrogen-bond donors (Lipinski definition) is 0. The van der Waals surface area contributed by atoms with Crippen molar-refractivity contribution in [3.63, 3.8) is 0 Å². The molecule has 0 saturated heterocycles. The second kappa shape index (κ2) is 6.67. The Morgan fingerprint density at radius 1 is 1.21 bits per heavy atom. The highest BCUT2D eigenvalue weighted by atomic mass is 16.6. The van der Waals surface area contributed by atoms with E-state index in [1.165, 1.54) is 7.11 Å². The van der Waals surface area contributed by atoms with Gasteiger partial charge in [0.1, 0.15) is 11.7 Å². The van der Waals surface area contributed by atoms with Crippen molar-refractivity contribution in [2.75, 3.05) is 13.7 Å². The van der Waals surface area contributed by atoms with Crippen LogP contribution in [0.4, 0.5) is 0 Å². The van der Waals surface area contributed by atoms with E-state index in [1.807, 2.05) is 0 Å². The van der Waals surface area contributed by atoms with Gasteiger partial charge >= 0.3 is 0 Å². The van der Waals surface area contributed by atoms with Crippen LogP contribution >= 0.6 is 0 Å². The van der Waals surface area contributed by atoms with Gasteiger partial charge in [-0.3, -0.25) is 20.2 Å². The third-order valence-electron chi connectivity index (χ3n) is 3.04. The SMILES string of the molecule is CC[C@H]([C@@H](C[N+](=O)[O-])c1ccc(OC)cc1)[N+](=O)[O-]. The summed E-state index contributed by atoms with van der Waals surface area (Å²) in [6, 6.07) is 5.61. The predicted octanol–water partition coefficient (Wildman–Crippen LogP) is 2.11. The van der Waals surface area contributed by atoms with Crippen LogP contribution < -0.4 is 4.74 Å². The summed E-state index contributed by atoms with van der Waals surface area (Å²) in [5, 5.41) is 21.7. The number of hydrogen-bond acceptors (Lipinski definition) is 5. The molecule has 0 heterocycles. The van der Waals surface area contributed by atoms with Crippen molar-refractivity contribution in [2.45, 2.75) is 25.3 Å². The number of rotatable bonds is 7. The van der Waals surface area contributed by atoms with E-state index in [0.29, 0.717) is 11.3 Å². The average Bonchev–Trinajstić information content (AvgIpc) is 2.37. The van der Waals surface area contributed by atoms with Gasteiger partial charge in [-0.15, -0.1) is 0 Å². The third kappa shape index (κ3) is 3.90. The lowest BCUT2D eigenvalue weighted by atomic mass is 9.90. The number of nitrogens with zero attached hydrogens (tertiary/aromatic N) is 2. The van der Waals surface area contributed by atoms with Crippen LogP contribution in [0.25, 0.3) is 0 Å². The van der Waals surface area contributed by atoms with Crippen molar-refractivity contribution < 1.29 is 14.6 Å². The van der Waals surface area contributed by atoms with Crippen molar-refractivity contribution in [1.29, 1.82) is 0 Å². The summed E-state index contributed by atoms with van der Waals surface area (Å²) in [4.78, 5) is 20.8. The summed E-state index contributed by atoms with van der Waals surface area (Å²) < 4.78 is 5.00. The Morgan fingerprint density at radius 2 is 1.79 bits per heavy atom. The number of methoxy groups -OCH3 is 1. The van der Waals surface area contributed by atoms with E-state index in [2.05, 4.69) is 0 Å². The fourth-order valence-corrected chi connectivity index (χ4v) is 2.04. The maximum atomic E-state index is 11.0. The van der Waals surface area contributed by atoms with Gasteiger partial charge in [-0.1, -0.05) is 19.1 Å². The fourth-order valence-electron chi connectivity index (χ4n) is 2.04. The van der Waals surface area contributed by atoms with Crippen molar-refractivity contribution in [3.05, 3.63) is 50.1 Å². The quantitative estimate of drug-likeness (QED) is 0.557. The molecule has 0 unspecified atom stereocenters. The highest BCUT2D eigenvalue weighted by molar-refractivity contribution is 5.30.